The van der Waals surface area contributed by atoms with Crippen molar-refractivity contribution in [3.8, 4) is 11.6 Å². The molecule has 7 heteroatoms. The maximum atomic E-state index is 6.01. The smallest absolute Gasteiger partial charge is 0.223 e. The van der Waals surface area contributed by atoms with E-state index in [2.05, 4.69) is 25.9 Å². The van der Waals surface area contributed by atoms with Crippen molar-refractivity contribution in [3.05, 3.63) is 43.7 Å². The van der Waals surface area contributed by atoms with E-state index in [9.17, 15) is 0 Å². The Kier molecular flexibility index (Phi) is 4.33. The van der Waals surface area contributed by atoms with Crippen LogP contribution in [0.25, 0.3) is 0 Å². The van der Waals surface area contributed by atoms with Crippen LogP contribution in [0.3, 0.4) is 0 Å². The van der Waals surface area contributed by atoms with E-state index in [0.717, 1.165) is 0 Å². The maximum Gasteiger partial charge on any atom is 0.223 e. The van der Waals surface area contributed by atoms with E-state index >= 15 is 0 Å². The zero-order valence-corrected chi connectivity index (χ0v) is 12.9. The molecule has 0 unspecified atom stereocenters. The summed E-state index contributed by atoms with van der Waals surface area (Å²) in [5.74, 6) is 1.33. The summed E-state index contributed by atoms with van der Waals surface area (Å²) in [5.41, 5.74) is 0. The van der Waals surface area contributed by atoms with E-state index in [-0.39, 0.29) is 0 Å². The topological polar surface area (TPSA) is 35.0 Å². The number of aryl methyl sites for hydroxylation is 1. The third kappa shape index (κ3) is 3.26. The highest BCUT2D eigenvalue weighted by atomic mass is 79.9. The number of aromatic nitrogens is 2. The fourth-order valence-electron chi connectivity index (χ4n) is 1.25. The van der Waals surface area contributed by atoms with Crippen molar-refractivity contribution in [1.82, 2.24) is 9.97 Å². The highest BCUT2D eigenvalue weighted by Gasteiger charge is 2.09. The standard InChI is InChI=1S/C11H6BrCl3N2O/c1-5-16-10(12)4-11(17-5)18-9-3-7(14)6(13)2-8(9)15/h2-4H,1H3. The summed E-state index contributed by atoms with van der Waals surface area (Å²) in [5, 5.41) is 1.09. The molecule has 0 aliphatic rings. The van der Waals surface area contributed by atoms with E-state index in [0.29, 0.717) is 37.1 Å². The second-order valence-corrected chi connectivity index (χ2v) is 5.41. The van der Waals surface area contributed by atoms with Crippen LogP contribution >= 0.6 is 50.7 Å². The van der Waals surface area contributed by atoms with E-state index in [4.69, 9.17) is 39.5 Å². The molecular formula is C11H6BrCl3N2O. The SMILES string of the molecule is Cc1nc(Br)cc(Oc2cc(Cl)c(Cl)cc2Cl)n1. The van der Waals surface area contributed by atoms with Crippen molar-refractivity contribution in [1.29, 1.82) is 0 Å². The summed E-state index contributed by atoms with van der Waals surface area (Å²) in [4.78, 5) is 8.20. The lowest BCUT2D eigenvalue weighted by Gasteiger charge is -2.08. The Labute approximate surface area is 127 Å². The highest BCUT2D eigenvalue weighted by Crippen LogP contribution is 2.36. The molecule has 94 valence electrons. The van der Waals surface area contributed by atoms with Crippen LogP contribution in [0.1, 0.15) is 5.82 Å². The molecular weight excluding hydrogens is 362 g/mol. The zero-order chi connectivity index (χ0) is 13.3. The molecule has 0 radical (unpaired) electrons. The molecule has 1 aromatic carbocycles. The van der Waals surface area contributed by atoms with Gasteiger partial charge in [-0.25, -0.2) is 4.98 Å². The molecule has 0 spiro atoms. The van der Waals surface area contributed by atoms with Crippen LogP contribution in [-0.4, -0.2) is 9.97 Å². The quantitative estimate of drug-likeness (QED) is 0.533. The van der Waals surface area contributed by atoms with Crippen LogP contribution in [0.2, 0.25) is 15.1 Å². The fourth-order valence-corrected chi connectivity index (χ4v) is 2.28. The molecule has 0 bridgehead atoms. The van der Waals surface area contributed by atoms with Gasteiger partial charge >= 0.3 is 0 Å². The normalized spacial score (nSPS) is 10.5. The lowest BCUT2D eigenvalue weighted by atomic mass is 10.3. The Hall–Kier alpha value is -0.550. The second-order valence-electron chi connectivity index (χ2n) is 3.37. The maximum absolute atomic E-state index is 6.01. The lowest BCUT2D eigenvalue weighted by molar-refractivity contribution is 0.459. The van der Waals surface area contributed by atoms with Crippen molar-refractivity contribution < 1.29 is 4.74 Å². The molecule has 0 saturated heterocycles. The average Bonchev–Trinajstić information content (AvgIpc) is 2.24. The van der Waals surface area contributed by atoms with Crippen molar-refractivity contribution >= 4 is 50.7 Å². The van der Waals surface area contributed by atoms with Crippen molar-refractivity contribution in [2.75, 3.05) is 0 Å². The number of rotatable bonds is 2. The van der Waals surface area contributed by atoms with Gasteiger partial charge in [-0.15, -0.1) is 0 Å². The molecule has 0 aliphatic carbocycles. The van der Waals surface area contributed by atoms with Crippen LogP contribution in [-0.2, 0) is 0 Å². The number of nitrogens with zero attached hydrogens (tertiary/aromatic N) is 2. The van der Waals surface area contributed by atoms with E-state index < -0.39 is 0 Å². The number of hydrogen-bond donors (Lipinski definition) is 0. The number of hydrogen-bond acceptors (Lipinski definition) is 3. The van der Waals surface area contributed by atoms with Gasteiger partial charge in [-0.2, -0.15) is 4.98 Å². The molecule has 2 aromatic rings. The van der Waals surface area contributed by atoms with E-state index in [1.165, 1.54) is 12.1 Å². The van der Waals surface area contributed by atoms with Crippen molar-refractivity contribution in [2.24, 2.45) is 0 Å². The van der Waals surface area contributed by atoms with Gasteiger partial charge in [0.1, 0.15) is 16.2 Å². The molecule has 0 amide bonds. The lowest BCUT2D eigenvalue weighted by Crippen LogP contribution is -1.94. The van der Waals surface area contributed by atoms with Gasteiger partial charge in [0, 0.05) is 12.1 Å². The van der Waals surface area contributed by atoms with E-state index in [1.54, 1.807) is 13.0 Å². The molecule has 1 heterocycles. The Bertz CT molecular complexity index is 587. The second kappa shape index (κ2) is 5.61. The monoisotopic (exact) mass is 366 g/mol. The third-order valence-electron chi connectivity index (χ3n) is 1.97. The average molecular weight is 368 g/mol. The zero-order valence-electron chi connectivity index (χ0n) is 9.05. The summed E-state index contributed by atoms with van der Waals surface area (Å²) in [6, 6.07) is 4.69. The molecule has 2 rings (SSSR count). The Morgan fingerprint density at radius 1 is 1.00 bits per heavy atom. The molecule has 0 N–H and O–H groups in total. The van der Waals surface area contributed by atoms with Gasteiger partial charge in [-0.3, -0.25) is 0 Å². The first kappa shape index (κ1) is 13.9. The third-order valence-corrected chi connectivity index (χ3v) is 3.40. The van der Waals surface area contributed by atoms with Gasteiger partial charge in [0.2, 0.25) is 5.88 Å². The summed E-state index contributed by atoms with van der Waals surface area (Å²) >= 11 is 21.0. The number of halogens is 4. The van der Waals surface area contributed by atoms with Crippen molar-refractivity contribution in [2.45, 2.75) is 6.92 Å². The van der Waals surface area contributed by atoms with Gasteiger partial charge in [-0.1, -0.05) is 34.8 Å². The molecule has 0 saturated carbocycles. The van der Waals surface area contributed by atoms with Crippen LogP contribution in [0.5, 0.6) is 11.6 Å². The van der Waals surface area contributed by atoms with Gasteiger partial charge in [0.15, 0.2) is 0 Å². The van der Waals surface area contributed by atoms with Crippen LogP contribution in [0, 0.1) is 6.92 Å². The fraction of sp³-hybridized carbons (Fsp3) is 0.0909. The van der Waals surface area contributed by atoms with Crippen LogP contribution in [0.15, 0.2) is 22.8 Å². The minimum absolute atomic E-state index is 0.358. The first-order chi connectivity index (χ1) is 8.45. The first-order valence-electron chi connectivity index (χ1n) is 4.79. The predicted molar refractivity (Wildman–Crippen MR) is 76.0 cm³/mol. The first-order valence-corrected chi connectivity index (χ1v) is 6.72. The largest absolute Gasteiger partial charge is 0.437 e. The number of ether oxygens (including phenoxy) is 1. The summed E-state index contributed by atoms with van der Waals surface area (Å²) in [7, 11) is 0. The molecule has 18 heavy (non-hydrogen) atoms. The van der Waals surface area contributed by atoms with Gasteiger partial charge in [0.05, 0.1) is 15.1 Å². The Morgan fingerprint density at radius 2 is 1.67 bits per heavy atom. The van der Waals surface area contributed by atoms with Crippen molar-refractivity contribution in [3.63, 3.8) is 0 Å². The van der Waals surface area contributed by atoms with Gasteiger partial charge < -0.3 is 4.74 Å². The summed E-state index contributed by atoms with van der Waals surface area (Å²) < 4.78 is 6.18. The van der Waals surface area contributed by atoms with Gasteiger partial charge in [-0.05, 0) is 28.9 Å². The summed E-state index contributed by atoms with van der Waals surface area (Å²) in [6.45, 7) is 1.76. The molecule has 3 nitrogen and oxygen atoms in total. The minimum Gasteiger partial charge on any atom is -0.437 e. The number of benzene rings is 1. The van der Waals surface area contributed by atoms with E-state index in [1.807, 2.05) is 0 Å². The van der Waals surface area contributed by atoms with Crippen LogP contribution < -0.4 is 4.74 Å². The Balaban J connectivity index is 2.36. The molecule has 1 aromatic heterocycles. The Morgan fingerprint density at radius 3 is 2.33 bits per heavy atom. The van der Waals surface area contributed by atoms with Gasteiger partial charge in [0.25, 0.3) is 0 Å². The minimum atomic E-state index is 0.358. The molecule has 0 aliphatic heterocycles. The summed E-state index contributed by atoms with van der Waals surface area (Å²) in [6.07, 6.45) is 0. The van der Waals surface area contributed by atoms with Crippen LogP contribution in [0.4, 0.5) is 0 Å². The molecule has 0 atom stereocenters. The molecule has 0 fully saturated rings. The highest BCUT2D eigenvalue weighted by molar-refractivity contribution is 9.10. The predicted octanol–water partition coefficient (Wildman–Crippen LogP) is 5.30.